The van der Waals surface area contributed by atoms with Gasteiger partial charge in [-0.1, -0.05) is 189 Å². The fourth-order valence-electron chi connectivity index (χ4n) is 22.9. The molecule has 10 aromatic carbocycles. The van der Waals surface area contributed by atoms with Crippen LogP contribution >= 0.6 is 0 Å². The zero-order valence-corrected chi connectivity index (χ0v) is 52.9. The van der Waals surface area contributed by atoms with Crippen molar-refractivity contribution in [1.82, 2.24) is 0 Å². The maximum atomic E-state index is 12.4. The number of hydrogen-bond donors (Lipinski definition) is 5. The van der Waals surface area contributed by atoms with Crippen LogP contribution in [-0.4, -0.2) is 55.4 Å². The monoisotopic (exact) mass is 1260 g/mol. The molecular weight excluding hydrogens is 1200 g/mol. The Balaban J connectivity index is 1.04. The summed E-state index contributed by atoms with van der Waals surface area (Å²) in [5.74, 6) is -4.29. The molecule has 21 rings (SSSR count). The van der Waals surface area contributed by atoms with Crippen LogP contribution in [0.25, 0.3) is 55.6 Å². The summed E-state index contributed by atoms with van der Waals surface area (Å²) in [5, 5.41) is 50.8. The summed E-state index contributed by atoms with van der Waals surface area (Å²) in [6.45, 7) is 2.44. The van der Waals surface area contributed by atoms with Crippen LogP contribution in [-0.2, 0) is 83.2 Å². The van der Waals surface area contributed by atoms with Gasteiger partial charge in [0.25, 0.3) is 0 Å². The fourth-order valence-corrected chi connectivity index (χ4v) is 22.9. The van der Waals surface area contributed by atoms with Crippen LogP contribution < -0.4 is 0 Å². The zero-order valence-electron chi connectivity index (χ0n) is 52.9. The molecule has 6 atom stereocenters. The first kappa shape index (κ1) is 55.3. The van der Waals surface area contributed by atoms with Crippen molar-refractivity contribution < 1.29 is 49.5 Å². The zero-order chi connectivity index (χ0) is 65.5. The lowest BCUT2D eigenvalue weighted by atomic mass is 9.34. The number of benzene rings is 10. The molecule has 0 fully saturated rings. The van der Waals surface area contributed by atoms with E-state index in [9.17, 15) is 49.5 Å². The number of hydrogen-bond acceptors (Lipinski definition) is 5. The Kier molecular flexibility index (Phi) is 10.2. The van der Waals surface area contributed by atoms with Crippen LogP contribution in [0.2, 0.25) is 0 Å². The summed E-state index contributed by atoms with van der Waals surface area (Å²) in [5.41, 5.74) is 33.7. The first-order chi connectivity index (χ1) is 47.1. The van der Waals surface area contributed by atoms with Gasteiger partial charge in [-0.15, -0.1) is 0 Å². The molecule has 5 N–H and O–H groups in total. The molecule has 0 bridgehead atoms. The maximum absolute atomic E-state index is 12.4. The van der Waals surface area contributed by atoms with Gasteiger partial charge in [0.2, 0.25) is 0 Å². The van der Waals surface area contributed by atoms with Crippen LogP contribution in [0.1, 0.15) is 157 Å². The fraction of sp³-hybridized carbons (Fsp3) is 0.207. The molecule has 11 aliphatic rings. The van der Waals surface area contributed by atoms with E-state index in [1.165, 1.54) is 111 Å². The van der Waals surface area contributed by atoms with Gasteiger partial charge in [0.05, 0.1) is 27.1 Å². The number of allylic oxidation sites excluding steroid dienone is 4. The smallest absolute Gasteiger partial charge is 0.303 e. The van der Waals surface area contributed by atoms with Crippen LogP contribution in [0.5, 0.6) is 0 Å². The van der Waals surface area contributed by atoms with Gasteiger partial charge in [0.1, 0.15) is 0 Å². The normalized spacial score (nSPS) is 23.9. The summed E-state index contributed by atoms with van der Waals surface area (Å²) >= 11 is 0. The first-order valence-electron chi connectivity index (χ1n) is 34.1. The van der Waals surface area contributed by atoms with Crippen LogP contribution in [0.15, 0.2) is 204 Å². The van der Waals surface area contributed by atoms with E-state index in [1.54, 1.807) is 0 Å². The third kappa shape index (κ3) is 5.76. The van der Waals surface area contributed by atoms with E-state index in [-0.39, 0.29) is 32.1 Å². The number of rotatable bonds is 21. The number of carboxylic acids is 5. The lowest BCUT2D eigenvalue weighted by molar-refractivity contribution is -0.138. The number of carbonyl (C=O) groups is 5. The highest BCUT2D eigenvalue weighted by Crippen LogP contribution is 2.93. The molecule has 468 valence electrons. The number of aliphatic carboxylic acids is 5. The minimum Gasteiger partial charge on any atom is -0.481 e. The summed E-state index contributed by atoms with van der Waals surface area (Å²) < 4.78 is 0. The van der Waals surface area contributed by atoms with Crippen LogP contribution in [0.4, 0.5) is 0 Å². The van der Waals surface area contributed by atoms with Gasteiger partial charge in [-0.25, -0.2) is 0 Å². The highest BCUT2D eigenvalue weighted by atomic mass is 16.4. The summed E-state index contributed by atoms with van der Waals surface area (Å²) in [6, 6.07) is 69.1. The lowest BCUT2D eigenvalue weighted by Gasteiger charge is -2.66. The molecule has 0 aromatic heterocycles. The van der Waals surface area contributed by atoms with Crippen molar-refractivity contribution in [2.45, 2.75) is 105 Å². The molecular formula is C87H60O10. The number of aryl methyl sites for hydroxylation is 5. The summed E-state index contributed by atoms with van der Waals surface area (Å²) in [6.07, 6.45) is 2.34. The SMILES string of the molecule is CCC12C3=C4C5=C1[C@@]1(c6ccc(CCC(=O)O)cc6)c6c7ccc8c6C2(c2ccc(CCC(=O)O)cc2)c2c-8ccc6c2[C@]3(c2ccc(CCC(=O)O)cc2)c2c-6ccc3c2[C@]4(c2ccc(CCC(=O)O)cc2)c2c-3ccc3c2[C@]5(c2ccc(CCC(=O)O)cc2)c2c-3ccc-7c21. The molecule has 0 heterocycles. The summed E-state index contributed by atoms with van der Waals surface area (Å²) in [4.78, 5) is 61.9. The van der Waals surface area contributed by atoms with Gasteiger partial charge >= 0.3 is 29.8 Å². The van der Waals surface area contributed by atoms with Gasteiger partial charge in [-0.3, -0.25) is 24.0 Å². The van der Waals surface area contributed by atoms with Crippen molar-refractivity contribution in [2.24, 2.45) is 5.41 Å². The molecule has 2 unspecified atom stereocenters. The Labute approximate surface area is 557 Å². The standard InChI is InChI=1S/C87H60O10/c1-2-82-80-78-79-81(82)86(51-24-9-46(10-25-51)16-41-66(94)95)73-58-33-31-56-54-29-28-53-55-30-32-57-59-34-36-61-62-37-35-60(58)75(86)77(62)87(82,52-26-11-47(12-27-52)17-42-67(96)97)76(61)74(59)85(80,50-22-7-45(8-23-50)15-40-65(92)93)72(57)70(55)83(78,48-18-3-43(4-19-48)13-38-63(88)89)68(53)69(54)84(79,71(56)73)49-20-5-44(6-21-49)14-39-64(90)91/h3-12,18-37H,2,13-17,38-42H2,1H3,(H,88,89)(H,90,91)(H,92,93)(H,94,95)(H,96,97)/t82?,83-,84+,85-,86+,87?. The van der Waals surface area contributed by atoms with Crippen LogP contribution in [0.3, 0.4) is 0 Å². The van der Waals surface area contributed by atoms with E-state index < -0.39 is 62.3 Å². The third-order valence-corrected chi connectivity index (χ3v) is 25.6. The highest BCUT2D eigenvalue weighted by molar-refractivity contribution is 6.15. The second-order valence-corrected chi connectivity index (χ2v) is 29.0. The molecule has 0 saturated heterocycles. The molecule has 0 aliphatic heterocycles. The predicted molar refractivity (Wildman–Crippen MR) is 365 cm³/mol. The largest absolute Gasteiger partial charge is 0.481 e. The third-order valence-electron chi connectivity index (χ3n) is 25.6. The summed E-state index contributed by atoms with van der Waals surface area (Å²) in [7, 11) is 0. The molecule has 0 spiro atoms. The van der Waals surface area contributed by atoms with Gasteiger partial charge in [-0.2, -0.15) is 0 Å². The molecule has 0 radical (unpaired) electrons. The van der Waals surface area contributed by atoms with Crippen LogP contribution in [0, 0.1) is 5.41 Å². The van der Waals surface area contributed by atoms with Crippen molar-refractivity contribution in [2.75, 3.05) is 0 Å². The molecule has 11 aliphatic carbocycles. The quantitative estimate of drug-likeness (QED) is 0.0463. The van der Waals surface area contributed by atoms with E-state index in [0.29, 0.717) is 38.5 Å². The minimum atomic E-state index is -1.01. The minimum absolute atomic E-state index is 0.0151. The Morgan fingerprint density at radius 1 is 0.258 bits per heavy atom. The lowest BCUT2D eigenvalue weighted by Crippen LogP contribution is -2.63. The van der Waals surface area contributed by atoms with Gasteiger partial charge in [0, 0.05) is 37.5 Å². The van der Waals surface area contributed by atoms with Gasteiger partial charge < -0.3 is 25.5 Å². The second-order valence-electron chi connectivity index (χ2n) is 29.0. The molecule has 97 heavy (non-hydrogen) atoms. The Hall–Kier alpha value is -11.0. The van der Waals surface area contributed by atoms with Crippen molar-refractivity contribution >= 4 is 29.8 Å². The van der Waals surface area contributed by atoms with E-state index in [1.807, 2.05) is 0 Å². The van der Waals surface area contributed by atoms with Gasteiger partial charge in [-0.05, 0) is 228 Å². The van der Waals surface area contributed by atoms with E-state index >= 15 is 0 Å². The maximum Gasteiger partial charge on any atom is 0.303 e. The Morgan fingerprint density at radius 2 is 0.454 bits per heavy atom. The average Bonchev–Trinajstić information content (AvgIpc) is 1.39. The topological polar surface area (TPSA) is 186 Å². The molecule has 0 amide bonds. The van der Waals surface area contributed by atoms with Crippen molar-refractivity contribution in [3.63, 3.8) is 0 Å². The van der Waals surface area contributed by atoms with E-state index in [0.717, 1.165) is 77.9 Å². The average molecular weight is 1270 g/mol. The molecule has 10 aromatic rings. The van der Waals surface area contributed by atoms with Crippen molar-refractivity contribution in [3.05, 3.63) is 316 Å². The predicted octanol–water partition coefficient (Wildman–Crippen LogP) is 15.7. The molecule has 10 nitrogen and oxygen atoms in total. The highest BCUT2D eigenvalue weighted by Gasteiger charge is 2.86. The van der Waals surface area contributed by atoms with E-state index in [4.69, 9.17) is 0 Å². The molecule has 0 saturated carbocycles. The Bertz CT molecular complexity index is 5280. The number of fused-ring (bicyclic) bond motifs is 5. The number of carboxylic acid groups (broad SMARTS) is 5. The van der Waals surface area contributed by atoms with E-state index in [2.05, 4.69) is 189 Å². The second kappa shape index (κ2) is 17.9. The van der Waals surface area contributed by atoms with Crippen molar-refractivity contribution in [3.8, 4) is 55.6 Å². The van der Waals surface area contributed by atoms with Gasteiger partial charge in [0.15, 0.2) is 0 Å². The Morgan fingerprint density at radius 3 is 0.680 bits per heavy atom. The first-order valence-corrected chi connectivity index (χ1v) is 34.1. The molecule has 10 heteroatoms. The van der Waals surface area contributed by atoms with Crippen molar-refractivity contribution in [1.29, 1.82) is 0 Å².